The summed E-state index contributed by atoms with van der Waals surface area (Å²) in [5.41, 5.74) is 7.69. The number of thiocarbonyl (C=S) groups is 1. The third-order valence-electron chi connectivity index (χ3n) is 2.98. The Morgan fingerprint density at radius 2 is 2.05 bits per heavy atom. The number of carbonyl (C=O) groups is 1. The summed E-state index contributed by atoms with van der Waals surface area (Å²) in [6.45, 7) is 1.74. The second-order valence-corrected chi connectivity index (χ2v) is 5.78. The van der Waals surface area contributed by atoms with E-state index in [1.54, 1.807) is 43.3 Å². The van der Waals surface area contributed by atoms with Gasteiger partial charge < -0.3 is 16.2 Å². The number of para-hydroxylation sites is 1. The monoisotopic (exact) mass is 364 g/mol. The summed E-state index contributed by atoms with van der Waals surface area (Å²) < 4.78 is 0.660. The van der Waals surface area contributed by atoms with E-state index in [2.05, 4.69) is 21.2 Å². The molecule has 108 valence electrons. The molecule has 0 aliphatic rings. The first-order valence-corrected chi connectivity index (χ1v) is 7.29. The molecule has 0 bridgehead atoms. The molecular weight excluding hydrogens is 352 g/mol. The first kappa shape index (κ1) is 15.5. The molecule has 0 aliphatic carbocycles. The lowest BCUT2D eigenvalue weighted by Gasteiger charge is -2.10. The molecule has 0 aromatic heterocycles. The fraction of sp³-hybridized carbons (Fsp3) is 0.0667. The van der Waals surface area contributed by atoms with E-state index < -0.39 is 0 Å². The van der Waals surface area contributed by atoms with Gasteiger partial charge in [-0.1, -0.05) is 24.4 Å². The Balaban J connectivity index is 2.28. The Morgan fingerprint density at radius 1 is 1.33 bits per heavy atom. The number of benzene rings is 2. The molecule has 0 saturated heterocycles. The lowest BCUT2D eigenvalue weighted by atomic mass is 10.1. The van der Waals surface area contributed by atoms with Crippen LogP contribution in [-0.2, 0) is 0 Å². The van der Waals surface area contributed by atoms with Crippen molar-refractivity contribution >= 4 is 44.7 Å². The predicted octanol–water partition coefficient (Wildman–Crippen LogP) is 3.35. The SMILES string of the molecule is Cc1cccc(C(=O)Nc2ccc(C(N)=S)cc2Br)c1O. The van der Waals surface area contributed by atoms with E-state index in [4.69, 9.17) is 18.0 Å². The van der Waals surface area contributed by atoms with Crippen molar-refractivity contribution in [3.05, 3.63) is 57.6 Å². The summed E-state index contributed by atoms with van der Waals surface area (Å²) in [6.07, 6.45) is 0. The van der Waals surface area contributed by atoms with Crippen LogP contribution in [0.25, 0.3) is 0 Å². The second kappa shape index (κ2) is 6.24. The van der Waals surface area contributed by atoms with Crippen LogP contribution in [0.4, 0.5) is 5.69 Å². The van der Waals surface area contributed by atoms with Gasteiger partial charge in [-0.15, -0.1) is 0 Å². The Morgan fingerprint density at radius 3 is 2.67 bits per heavy atom. The van der Waals surface area contributed by atoms with Crippen molar-refractivity contribution in [2.45, 2.75) is 6.92 Å². The van der Waals surface area contributed by atoms with Gasteiger partial charge in [0, 0.05) is 10.0 Å². The van der Waals surface area contributed by atoms with Gasteiger partial charge in [0.05, 0.1) is 11.3 Å². The number of rotatable bonds is 3. The molecule has 1 amide bonds. The van der Waals surface area contributed by atoms with Crippen LogP contribution in [0.3, 0.4) is 0 Å². The smallest absolute Gasteiger partial charge is 0.259 e. The molecule has 0 atom stereocenters. The van der Waals surface area contributed by atoms with Crippen molar-refractivity contribution in [3.63, 3.8) is 0 Å². The van der Waals surface area contributed by atoms with E-state index >= 15 is 0 Å². The molecule has 0 fully saturated rings. The number of phenols is 1. The van der Waals surface area contributed by atoms with Crippen LogP contribution in [0.15, 0.2) is 40.9 Å². The largest absolute Gasteiger partial charge is 0.507 e. The number of phenolic OH excluding ortho intramolecular Hbond substituents is 1. The van der Waals surface area contributed by atoms with Crippen molar-refractivity contribution < 1.29 is 9.90 Å². The number of amides is 1. The lowest BCUT2D eigenvalue weighted by Crippen LogP contribution is -2.14. The number of carbonyl (C=O) groups excluding carboxylic acids is 1. The summed E-state index contributed by atoms with van der Waals surface area (Å²) in [7, 11) is 0. The molecule has 2 rings (SSSR count). The molecule has 2 aromatic carbocycles. The van der Waals surface area contributed by atoms with E-state index in [1.807, 2.05) is 0 Å². The molecule has 6 heteroatoms. The molecule has 2 aromatic rings. The van der Waals surface area contributed by atoms with Crippen molar-refractivity contribution in [3.8, 4) is 5.75 Å². The molecule has 0 heterocycles. The maximum Gasteiger partial charge on any atom is 0.259 e. The summed E-state index contributed by atoms with van der Waals surface area (Å²) in [6, 6.07) is 10.2. The highest BCUT2D eigenvalue weighted by Gasteiger charge is 2.14. The van der Waals surface area contributed by atoms with E-state index in [0.717, 1.165) is 0 Å². The normalized spacial score (nSPS) is 10.2. The fourth-order valence-electron chi connectivity index (χ4n) is 1.80. The third kappa shape index (κ3) is 3.40. The zero-order valence-electron chi connectivity index (χ0n) is 11.2. The van der Waals surface area contributed by atoms with Gasteiger partial charge in [-0.05, 0) is 52.7 Å². The topological polar surface area (TPSA) is 75.4 Å². The van der Waals surface area contributed by atoms with Crippen LogP contribution in [0.5, 0.6) is 5.75 Å². The van der Waals surface area contributed by atoms with Crippen LogP contribution in [0, 0.1) is 6.92 Å². The molecular formula is C15H13BrN2O2S. The van der Waals surface area contributed by atoms with Crippen LogP contribution in [0.2, 0.25) is 0 Å². The quantitative estimate of drug-likeness (QED) is 0.730. The molecule has 0 radical (unpaired) electrons. The summed E-state index contributed by atoms with van der Waals surface area (Å²) in [5.74, 6) is -0.411. The first-order valence-electron chi connectivity index (χ1n) is 6.09. The second-order valence-electron chi connectivity index (χ2n) is 4.48. The average molecular weight is 365 g/mol. The Kier molecular flexibility index (Phi) is 4.59. The van der Waals surface area contributed by atoms with Crippen LogP contribution in [-0.4, -0.2) is 16.0 Å². The third-order valence-corrected chi connectivity index (χ3v) is 3.88. The highest BCUT2D eigenvalue weighted by atomic mass is 79.9. The maximum atomic E-state index is 12.2. The van der Waals surface area contributed by atoms with Crippen LogP contribution >= 0.6 is 28.1 Å². The first-order chi connectivity index (χ1) is 9.90. The molecule has 0 saturated carbocycles. The summed E-state index contributed by atoms with van der Waals surface area (Å²) in [4.78, 5) is 12.5. The lowest BCUT2D eigenvalue weighted by molar-refractivity contribution is 0.102. The Hall–Kier alpha value is -1.92. The van der Waals surface area contributed by atoms with Crippen molar-refractivity contribution in [1.82, 2.24) is 0 Å². The molecule has 0 unspecified atom stereocenters. The number of anilines is 1. The number of halogens is 1. The predicted molar refractivity (Wildman–Crippen MR) is 90.8 cm³/mol. The van der Waals surface area contributed by atoms with E-state index in [0.29, 0.717) is 21.3 Å². The average Bonchev–Trinajstić information content (AvgIpc) is 2.43. The van der Waals surface area contributed by atoms with E-state index in [1.165, 1.54) is 0 Å². The Labute approximate surface area is 136 Å². The van der Waals surface area contributed by atoms with Gasteiger partial charge in [0.1, 0.15) is 10.7 Å². The zero-order chi connectivity index (χ0) is 15.6. The van der Waals surface area contributed by atoms with Gasteiger partial charge in [-0.3, -0.25) is 4.79 Å². The highest BCUT2D eigenvalue weighted by molar-refractivity contribution is 9.10. The van der Waals surface area contributed by atoms with Gasteiger partial charge in [-0.25, -0.2) is 0 Å². The van der Waals surface area contributed by atoms with E-state index in [9.17, 15) is 9.90 Å². The maximum absolute atomic E-state index is 12.2. The Bertz CT molecular complexity index is 732. The highest BCUT2D eigenvalue weighted by Crippen LogP contribution is 2.26. The minimum absolute atomic E-state index is 0.0223. The van der Waals surface area contributed by atoms with Gasteiger partial charge in [0.15, 0.2) is 0 Å². The molecule has 0 aliphatic heterocycles. The van der Waals surface area contributed by atoms with Crippen molar-refractivity contribution in [1.29, 1.82) is 0 Å². The molecule has 4 N–H and O–H groups in total. The minimum Gasteiger partial charge on any atom is -0.507 e. The number of nitrogens with one attached hydrogen (secondary N) is 1. The van der Waals surface area contributed by atoms with Gasteiger partial charge in [0.25, 0.3) is 5.91 Å². The van der Waals surface area contributed by atoms with Crippen molar-refractivity contribution in [2.24, 2.45) is 5.73 Å². The zero-order valence-corrected chi connectivity index (χ0v) is 13.6. The van der Waals surface area contributed by atoms with Crippen LogP contribution < -0.4 is 11.1 Å². The minimum atomic E-state index is -0.389. The van der Waals surface area contributed by atoms with Gasteiger partial charge in [0.2, 0.25) is 0 Å². The number of aryl methyl sites for hydroxylation is 1. The summed E-state index contributed by atoms with van der Waals surface area (Å²) >= 11 is 8.25. The van der Waals surface area contributed by atoms with Crippen LogP contribution in [0.1, 0.15) is 21.5 Å². The van der Waals surface area contributed by atoms with E-state index in [-0.39, 0.29) is 22.2 Å². The van der Waals surface area contributed by atoms with Crippen molar-refractivity contribution in [2.75, 3.05) is 5.32 Å². The fourth-order valence-corrected chi connectivity index (χ4v) is 2.41. The summed E-state index contributed by atoms with van der Waals surface area (Å²) in [5, 5.41) is 12.7. The number of hydrogen-bond donors (Lipinski definition) is 3. The number of hydrogen-bond acceptors (Lipinski definition) is 3. The standard InChI is InChI=1S/C15H13BrN2O2S/c1-8-3-2-4-10(13(8)19)15(20)18-12-6-5-9(14(17)21)7-11(12)16/h2-7,19H,1H3,(H2,17,21)(H,18,20). The number of aromatic hydroxyl groups is 1. The number of nitrogens with two attached hydrogens (primary N) is 1. The molecule has 21 heavy (non-hydrogen) atoms. The van der Waals surface area contributed by atoms with Gasteiger partial charge >= 0.3 is 0 Å². The van der Waals surface area contributed by atoms with Gasteiger partial charge in [-0.2, -0.15) is 0 Å². The molecule has 4 nitrogen and oxygen atoms in total. The molecule has 0 spiro atoms.